The Morgan fingerprint density at radius 3 is 2.60 bits per heavy atom. The van der Waals surface area contributed by atoms with E-state index < -0.39 is 6.04 Å². The molecular formula is C19H25N3O3. The summed E-state index contributed by atoms with van der Waals surface area (Å²) in [5.74, 6) is -0.690. The van der Waals surface area contributed by atoms with Gasteiger partial charge < -0.3 is 15.6 Å². The SMILES string of the molecule is CC[C@H](C)[C@H](NC(=O)Cc1c[nH]c2ccccc12)C(=O)NCC(C)=O. The number of fused-ring (bicyclic) bond motifs is 1. The number of carbonyl (C=O) groups excluding carboxylic acids is 3. The average molecular weight is 343 g/mol. The van der Waals surface area contributed by atoms with Crippen LogP contribution >= 0.6 is 0 Å². The number of benzene rings is 1. The van der Waals surface area contributed by atoms with E-state index in [0.717, 1.165) is 22.9 Å². The summed E-state index contributed by atoms with van der Waals surface area (Å²) in [6.45, 7) is 5.25. The standard InChI is InChI=1S/C19H25N3O3/c1-4-12(2)18(19(25)21-10-13(3)23)22-17(24)9-14-11-20-16-8-6-5-7-15(14)16/h5-8,11-12,18,20H,4,9-10H2,1-3H3,(H,21,25)(H,22,24)/t12-,18-/m0/s1. The maximum Gasteiger partial charge on any atom is 0.243 e. The maximum atomic E-state index is 12.5. The van der Waals surface area contributed by atoms with Crippen molar-refractivity contribution >= 4 is 28.5 Å². The van der Waals surface area contributed by atoms with Crippen molar-refractivity contribution in [2.75, 3.05) is 6.54 Å². The summed E-state index contributed by atoms with van der Waals surface area (Å²) in [6.07, 6.45) is 2.75. The quantitative estimate of drug-likeness (QED) is 0.684. The Labute approximate surface area is 147 Å². The molecule has 25 heavy (non-hydrogen) atoms. The highest BCUT2D eigenvalue weighted by Crippen LogP contribution is 2.18. The number of rotatable bonds is 8. The number of amides is 2. The van der Waals surface area contributed by atoms with E-state index in [1.807, 2.05) is 44.3 Å². The van der Waals surface area contributed by atoms with Crippen LogP contribution in [0.5, 0.6) is 0 Å². The number of para-hydroxylation sites is 1. The van der Waals surface area contributed by atoms with Crippen LogP contribution in [0.2, 0.25) is 0 Å². The van der Waals surface area contributed by atoms with Crippen LogP contribution in [0.4, 0.5) is 0 Å². The first kappa shape index (κ1) is 18.7. The van der Waals surface area contributed by atoms with E-state index in [1.54, 1.807) is 0 Å². The number of nitrogens with one attached hydrogen (secondary N) is 3. The van der Waals surface area contributed by atoms with Crippen molar-refractivity contribution in [3.05, 3.63) is 36.0 Å². The molecule has 2 amide bonds. The second-order valence-electron chi connectivity index (χ2n) is 6.39. The minimum absolute atomic E-state index is 0.0237. The number of H-pyrrole nitrogens is 1. The fraction of sp³-hybridized carbons (Fsp3) is 0.421. The molecule has 0 radical (unpaired) electrons. The predicted octanol–water partition coefficient (Wildman–Crippen LogP) is 1.95. The molecule has 0 aliphatic rings. The predicted molar refractivity (Wildman–Crippen MR) is 97.1 cm³/mol. The molecule has 0 bridgehead atoms. The number of aromatic amines is 1. The van der Waals surface area contributed by atoms with Crippen molar-refractivity contribution in [3.8, 4) is 0 Å². The molecule has 0 fully saturated rings. The summed E-state index contributed by atoms with van der Waals surface area (Å²) in [5.41, 5.74) is 1.86. The summed E-state index contributed by atoms with van der Waals surface area (Å²) in [7, 11) is 0. The lowest BCUT2D eigenvalue weighted by Gasteiger charge is -2.23. The zero-order valence-electron chi connectivity index (χ0n) is 14.9. The van der Waals surface area contributed by atoms with Crippen LogP contribution in [0.1, 0.15) is 32.8 Å². The topological polar surface area (TPSA) is 91.1 Å². The van der Waals surface area contributed by atoms with Crippen molar-refractivity contribution in [2.45, 2.75) is 39.7 Å². The molecule has 2 atom stereocenters. The molecule has 2 rings (SSSR count). The first-order valence-corrected chi connectivity index (χ1v) is 8.53. The third-order valence-electron chi connectivity index (χ3n) is 4.35. The molecule has 6 heteroatoms. The highest BCUT2D eigenvalue weighted by molar-refractivity contribution is 5.93. The Morgan fingerprint density at radius 1 is 1.20 bits per heavy atom. The number of Topliss-reactive ketones (excluding diaryl/α,β-unsaturated/α-hetero) is 1. The van der Waals surface area contributed by atoms with E-state index in [-0.39, 0.29) is 36.5 Å². The Balaban J connectivity index is 2.05. The minimum Gasteiger partial charge on any atom is -0.361 e. The van der Waals surface area contributed by atoms with Gasteiger partial charge in [-0.05, 0) is 24.5 Å². The first-order valence-electron chi connectivity index (χ1n) is 8.53. The zero-order valence-corrected chi connectivity index (χ0v) is 14.9. The molecule has 6 nitrogen and oxygen atoms in total. The van der Waals surface area contributed by atoms with Crippen LogP contribution in [0.15, 0.2) is 30.5 Å². The molecule has 1 aromatic heterocycles. The molecule has 0 saturated carbocycles. The Morgan fingerprint density at radius 2 is 1.92 bits per heavy atom. The zero-order chi connectivity index (χ0) is 18.4. The Hall–Kier alpha value is -2.63. The van der Waals surface area contributed by atoms with Crippen LogP contribution in [-0.4, -0.2) is 35.2 Å². The molecule has 134 valence electrons. The average Bonchev–Trinajstić information content (AvgIpc) is 3.00. The Kier molecular flexibility index (Phi) is 6.33. The van der Waals surface area contributed by atoms with Crippen molar-refractivity contribution in [1.82, 2.24) is 15.6 Å². The number of ketones is 1. The molecule has 1 aromatic carbocycles. The molecule has 0 unspecified atom stereocenters. The molecule has 2 aromatic rings. The van der Waals surface area contributed by atoms with Gasteiger partial charge in [0, 0.05) is 17.1 Å². The third-order valence-corrected chi connectivity index (χ3v) is 4.35. The number of aromatic nitrogens is 1. The second kappa shape index (κ2) is 8.46. The van der Waals surface area contributed by atoms with Gasteiger partial charge in [-0.1, -0.05) is 38.5 Å². The summed E-state index contributed by atoms with van der Waals surface area (Å²) >= 11 is 0. The largest absolute Gasteiger partial charge is 0.361 e. The van der Waals surface area contributed by atoms with Crippen LogP contribution in [0.3, 0.4) is 0 Å². The lowest BCUT2D eigenvalue weighted by atomic mass is 9.97. The smallest absolute Gasteiger partial charge is 0.243 e. The molecule has 1 heterocycles. The molecule has 0 saturated heterocycles. The van der Waals surface area contributed by atoms with Gasteiger partial charge in [0.05, 0.1) is 13.0 Å². The lowest BCUT2D eigenvalue weighted by Crippen LogP contribution is -2.51. The maximum absolute atomic E-state index is 12.5. The molecular weight excluding hydrogens is 318 g/mol. The van der Waals surface area contributed by atoms with Crippen molar-refractivity contribution in [2.24, 2.45) is 5.92 Å². The second-order valence-corrected chi connectivity index (χ2v) is 6.39. The minimum atomic E-state index is -0.651. The van der Waals surface area contributed by atoms with Gasteiger partial charge in [0.15, 0.2) is 0 Å². The highest BCUT2D eigenvalue weighted by Gasteiger charge is 2.26. The summed E-state index contributed by atoms with van der Waals surface area (Å²) in [5, 5.41) is 6.40. The van der Waals surface area contributed by atoms with Crippen LogP contribution in [-0.2, 0) is 20.8 Å². The van der Waals surface area contributed by atoms with Crippen LogP contribution in [0, 0.1) is 5.92 Å². The van der Waals surface area contributed by atoms with Gasteiger partial charge in [-0.15, -0.1) is 0 Å². The summed E-state index contributed by atoms with van der Waals surface area (Å²) in [6, 6.07) is 7.12. The van der Waals surface area contributed by atoms with Gasteiger partial charge in [0.25, 0.3) is 0 Å². The van der Waals surface area contributed by atoms with E-state index in [2.05, 4.69) is 15.6 Å². The number of hydrogen-bond acceptors (Lipinski definition) is 3. The van der Waals surface area contributed by atoms with Crippen LogP contribution < -0.4 is 10.6 Å². The number of carbonyl (C=O) groups is 3. The third kappa shape index (κ3) is 4.92. The van der Waals surface area contributed by atoms with Crippen LogP contribution in [0.25, 0.3) is 10.9 Å². The van der Waals surface area contributed by atoms with Gasteiger partial charge in [-0.2, -0.15) is 0 Å². The molecule has 0 aliphatic carbocycles. The molecule has 0 aliphatic heterocycles. The number of hydrogen-bond donors (Lipinski definition) is 3. The van der Waals surface area contributed by atoms with Crippen molar-refractivity contribution < 1.29 is 14.4 Å². The lowest BCUT2D eigenvalue weighted by molar-refractivity contribution is -0.130. The normalized spacial score (nSPS) is 13.2. The van der Waals surface area contributed by atoms with E-state index in [9.17, 15) is 14.4 Å². The van der Waals surface area contributed by atoms with Gasteiger partial charge in [0.1, 0.15) is 11.8 Å². The van der Waals surface area contributed by atoms with E-state index in [4.69, 9.17) is 0 Å². The molecule has 0 spiro atoms. The van der Waals surface area contributed by atoms with Gasteiger partial charge in [-0.25, -0.2) is 0 Å². The Bertz CT molecular complexity index is 766. The van der Waals surface area contributed by atoms with E-state index in [1.165, 1.54) is 6.92 Å². The van der Waals surface area contributed by atoms with E-state index in [0.29, 0.717) is 0 Å². The first-order chi connectivity index (χ1) is 11.9. The highest BCUT2D eigenvalue weighted by atomic mass is 16.2. The molecule has 3 N–H and O–H groups in total. The van der Waals surface area contributed by atoms with Crippen molar-refractivity contribution in [1.29, 1.82) is 0 Å². The van der Waals surface area contributed by atoms with Crippen molar-refractivity contribution in [3.63, 3.8) is 0 Å². The van der Waals surface area contributed by atoms with Gasteiger partial charge >= 0.3 is 0 Å². The fourth-order valence-corrected chi connectivity index (χ4v) is 2.70. The fourth-order valence-electron chi connectivity index (χ4n) is 2.70. The summed E-state index contributed by atoms with van der Waals surface area (Å²) in [4.78, 5) is 39.0. The van der Waals surface area contributed by atoms with E-state index >= 15 is 0 Å². The van der Waals surface area contributed by atoms with Gasteiger partial charge in [0.2, 0.25) is 11.8 Å². The monoisotopic (exact) mass is 343 g/mol. The summed E-state index contributed by atoms with van der Waals surface area (Å²) < 4.78 is 0. The van der Waals surface area contributed by atoms with Gasteiger partial charge in [-0.3, -0.25) is 14.4 Å².